The molecule has 25 N–H and O–H groups in total. The van der Waals surface area contributed by atoms with Crippen LogP contribution in [0.4, 0.5) is 0 Å². The van der Waals surface area contributed by atoms with Gasteiger partial charge in [-0.25, -0.2) is 4.79 Å². The lowest BCUT2D eigenvalue weighted by Gasteiger charge is -2.27. The van der Waals surface area contributed by atoms with Crippen LogP contribution < -0.4 is 78.2 Å². The van der Waals surface area contributed by atoms with E-state index in [4.69, 9.17) is 51.6 Å². The van der Waals surface area contributed by atoms with E-state index in [-0.39, 0.29) is 89.0 Å². The van der Waals surface area contributed by atoms with Crippen LogP contribution in [0.3, 0.4) is 0 Å². The van der Waals surface area contributed by atoms with Gasteiger partial charge >= 0.3 is 5.97 Å². The number of aliphatic carboxylic acids is 1. The van der Waals surface area contributed by atoms with Gasteiger partial charge in [-0.1, -0.05) is 6.42 Å². The molecular weight excluding hydrogens is 762 g/mol. The molecule has 332 valence electrons. The Morgan fingerprint density at radius 1 is 0.448 bits per heavy atom. The number of aliphatic hydroxyl groups excluding tert-OH is 1. The third kappa shape index (κ3) is 24.2. The van der Waals surface area contributed by atoms with Gasteiger partial charge in [-0.2, -0.15) is 0 Å². The fourth-order valence-electron chi connectivity index (χ4n) is 5.27. The Hall–Kier alpha value is -5.53. The molecule has 0 aromatic rings. The Kier molecular flexibility index (Phi) is 27.7. The Morgan fingerprint density at radius 2 is 0.741 bits per heavy atom. The quantitative estimate of drug-likeness (QED) is 0.0170. The van der Waals surface area contributed by atoms with Crippen LogP contribution in [0.25, 0.3) is 0 Å². The normalized spacial score (nSPS) is 13.9. The van der Waals surface area contributed by atoms with Gasteiger partial charge in [0.05, 0.1) is 12.6 Å². The molecule has 0 aliphatic rings. The first-order valence-corrected chi connectivity index (χ1v) is 19.1. The minimum Gasteiger partial charge on any atom is -0.480 e. The summed E-state index contributed by atoms with van der Waals surface area (Å²) in [5.74, 6) is -5.97. The van der Waals surface area contributed by atoms with Crippen LogP contribution in [-0.4, -0.2) is 139 Å². The summed E-state index contributed by atoms with van der Waals surface area (Å²) < 4.78 is 0. The first-order valence-electron chi connectivity index (χ1n) is 19.1. The van der Waals surface area contributed by atoms with Crippen LogP contribution in [0, 0.1) is 0 Å². The van der Waals surface area contributed by atoms with E-state index >= 15 is 0 Å². The predicted octanol–water partition coefficient (Wildman–Crippen LogP) is -6.77. The number of rotatable bonds is 32. The lowest BCUT2D eigenvalue weighted by atomic mass is 10.0. The number of guanidine groups is 3. The number of aliphatic hydroxyl groups is 1. The van der Waals surface area contributed by atoms with Crippen LogP contribution >= 0.6 is 0 Å². The SMILES string of the molecule is NCCCC[C@H](NC(=O)[C@H](CCCN=C(N)N)NC(=O)[C@H](CCCN=C(N)N)NC(=O)[C@@H](N)CCCCN)C(=O)N[C@@H](CCCN=C(N)N)C(=O)N[C@@H](CO)C(=O)O. The topological polar surface area (TPSA) is 474 Å². The van der Waals surface area contributed by atoms with E-state index in [1.807, 2.05) is 0 Å². The van der Waals surface area contributed by atoms with Crippen molar-refractivity contribution in [2.75, 3.05) is 39.3 Å². The van der Waals surface area contributed by atoms with Crippen LogP contribution in [0.1, 0.15) is 77.0 Å². The number of hydrogen-bond donors (Lipinski definition) is 16. The average molecular weight is 830 g/mol. The summed E-state index contributed by atoms with van der Waals surface area (Å²) in [4.78, 5) is 90.9. The van der Waals surface area contributed by atoms with Gasteiger partial charge in [0, 0.05) is 19.6 Å². The number of carboxylic acid groups (broad SMARTS) is 1. The summed E-state index contributed by atoms with van der Waals surface area (Å²) in [5, 5.41) is 31.4. The molecule has 0 saturated carbocycles. The lowest BCUT2D eigenvalue weighted by molar-refractivity contribution is -0.143. The van der Waals surface area contributed by atoms with Gasteiger partial charge in [-0.3, -0.25) is 38.9 Å². The summed E-state index contributed by atoms with van der Waals surface area (Å²) in [7, 11) is 0. The van der Waals surface area contributed by atoms with Crippen molar-refractivity contribution in [2.24, 2.45) is 66.6 Å². The number of nitrogens with two attached hydrogens (primary N) is 9. The fourth-order valence-corrected chi connectivity index (χ4v) is 5.27. The number of nitrogens with zero attached hydrogens (tertiary/aromatic N) is 3. The largest absolute Gasteiger partial charge is 0.480 e. The molecule has 5 amide bonds. The van der Waals surface area contributed by atoms with Crippen LogP contribution in [0.5, 0.6) is 0 Å². The third-order valence-electron chi connectivity index (χ3n) is 8.42. The summed E-state index contributed by atoms with van der Waals surface area (Å²) in [5.41, 5.74) is 49.8. The molecule has 58 heavy (non-hydrogen) atoms. The Bertz CT molecular complexity index is 1370. The molecule has 0 aromatic carbocycles. The van der Waals surface area contributed by atoms with Gasteiger partial charge in [-0.15, -0.1) is 0 Å². The molecule has 0 aliphatic carbocycles. The van der Waals surface area contributed by atoms with Crippen molar-refractivity contribution in [3.8, 4) is 0 Å². The van der Waals surface area contributed by atoms with Gasteiger partial charge in [-0.05, 0) is 83.7 Å². The number of carbonyl (C=O) groups is 6. The van der Waals surface area contributed by atoms with Gasteiger partial charge in [0.25, 0.3) is 0 Å². The van der Waals surface area contributed by atoms with Gasteiger partial charge < -0.3 is 88.4 Å². The zero-order valence-corrected chi connectivity index (χ0v) is 33.1. The second-order valence-corrected chi connectivity index (χ2v) is 13.3. The van der Waals surface area contributed by atoms with Crippen LogP contribution in [0.15, 0.2) is 15.0 Å². The monoisotopic (exact) mass is 830 g/mol. The van der Waals surface area contributed by atoms with Crippen molar-refractivity contribution in [3.05, 3.63) is 0 Å². The highest BCUT2D eigenvalue weighted by atomic mass is 16.4. The Balaban J connectivity index is 6.50. The second kappa shape index (κ2) is 30.6. The van der Waals surface area contributed by atoms with E-state index < -0.39 is 78.4 Å². The van der Waals surface area contributed by atoms with E-state index in [9.17, 15) is 39.0 Å². The van der Waals surface area contributed by atoms with Crippen molar-refractivity contribution < 1.29 is 39.0 Å². The predicted molar refractivity (Wildman–Crippen MR) is 218 cm³/mol. The smallest absolute Gasteiger partial charge is 0.328 e. The number of carboxylic acids is 1. The highest BCUT2D eigenvalue weighted by Gasteiger charge is 2.32. The molecular formula is C33H67N17O8. The van der Waals surface area contributed by atoms with Crippen molar-refractivity contribution in [1.29, 1.82) is 0 Å². The third-order valence-corrected chi connectivity index (χ3v) is 8.42. The Labute approximate surface area is 337 Å². The molecule has 0 unspecified atom stereocenters. The molecule has 25 heteroatoms. The molecule has 0 heterocycles. The summed E-state index contributed by atoms with van der Waals surface area (Å²) in [6.07, 6.45) is 3.01. The maximum absolute atomic E-state index is 14.0. The zero-order valence-electron chi connectivity index (χ0n) is 33.1. The van der Waals surface area contributed by atoms with Gasteiger partial charge in [0.1, 0.15) is 30.2 Å². The standard InChI is InChI=1S/C33H67N17O8/c34-13-3-1-8-19(36)25(52)46-21(10-5-15-43-31(37)38)27(54)48-22(11-6-16-44-32(39)40)28(55)47-20(9-2-4-14-35)26(53)49-23(12-7-17-45-33(41)42)29(56)50-24(18-51)30(57)58/h19-24,51H,1-18,34-36H2,(H,46,52)(H,47,55)(H,48,54)(H,49,53)(H,50,56)(H,57,58)(H4,37,38,43)(H4,39,40,44)(H4,41,42,45)/t19-,20-,21-,22-,23-,24-/m0/s1. The number of hydrogen-bond acceptors (Lipinski definition) is 13. The highest BCUT2D eigenvalue weighted by molar-refractivity contribution is 5.96. The van der Waals surface area contributed by atoms with Crippen molar-refractivity contribution in [3.63, 3.8) is 0 Å². The van der Waals surface area contributed by atoms with Crippen LogP contribution in [0.2, 0.25) is 0 Å². The van der Waals surface area contributed by atoms with Gasteiger partial charge in [0.15, 0.2) is 17.9 Å². The number of carbonyl (C=O) groups excluding carboxylic acids is 5. The van der Waals surface area contributed by atoms with E-state index in [1.54, 1.807) is 0 Å². The molecule has 0 saturated heterocycles. The maximum atomic E-state index is 14.0. The maximum Gasteiger partial charge on any atom is 0.328 e. The van der Waals surface area contributed by atoms with E-state index in [0.29, 0.717) is 38.6 Å². The number of amides is 5. The Morgan fingerprint density at radius 3 is 1.03 bits per heavy atom. The van der Waals surface area contributed by atoms with Crippen molar-refractivity contribution in [1.82, 2.24) is 26.6 Å². The summed E-state index contributed by atoms with van der Waals surface area (Å²) >= 11 is 0. The fraction of sp³-hybridized carbons (Fsp3) is 0.727. The molecule has 6 atom stereocenters. The molecule has 0 fully saturated rings. The minimum absolute atomic E-state index is 0.0215. The first-order chi connectivity index (χ1) is 27.5. The molecule has 0 radical (unpaired) electrons. The van der Waals surface area contributed by atoms with Crippen LogP contribution in [-0.2, 0) is 28.8 Å². The van der Waals surface area contributed by atoms with E-state index in [0.717, 1.165) is 0 Å². The molecule has 0 aromatic heterocycles. The van der Waals surface area contributed by atoms with Crippen molar-refractivity contribution >= 4 is 53.4 Å². The number of unbranched alkanes of at least 4 members (excludes halogenated alkanes) is 2. The minimum atomic E-state index is -1.67. The first kappa shape index (κ1) is 52.5. The second-order valence-electron chi connectivity index (χ2n) is 13.3. The lowest BCUT2D eigenvalue weighted by Crippen LogP contribution is -2.59. The summed E-state index contributed by atoms with van der Waals surface area (Å²) in [6, 6.07) is -7.70. The van der Waals surface area contributed by atoms with Gasteiger partial charge in [0.2, 0.25) is 29.5 Å². The molecule has 0 bridgehead atoms. The number of aliphatic imine (C=N–C) groups is 3. The molecule has 25 nitrogen and oxygen atoms in total. The molecule has 0 aliphatic heterocycles. The van der Waals surface area contributed by atoms with Crippen molar-refractivity contribution in [2.45, 2.75) is 113 Å². The molecule has 0 spiro atoms. The summed E-state index contributed by atoms with van der Waals surface area (Å²) in [6.45, 7) is 0.0505. The highest BCUT2D eigenvalue weighted by Crippen LogP contribution is 2.09. The van der Waals surface area contributed by atoms with E-state index in [2.05, 4.69) is 41.6 Å². The average Bonchev–Trinajstić information content (AvgIpc) is 3.16. The van der Waals surface area contributed by atoms with E-state index in [1.165, 1.54) is 0 Å². The number of nitrogens with one attached hydrogen (secondary N) is 5. The molecule has 0 rings (SSSR count). The zero-order chi connectivity index (χ0) is 44.0.